The summed E-state index contributed by atoms with van der Waals surface area (Å²) in [6, 6.07) is 20.2. The largest absolute Gasteiger partial charge is 0.490 e. The van der Waals surface area contributed by atoms with Crippen molar-refractivity contribution in [3.05, 3.63) is 77.9 Å². The van der Waals surface area contributed by atoms with E-state index in [4.69, 9.17) is 9.90 Å². The fraction of sp³-hybridized carbons (Fsp3) is 0.231. The smallest absolute Gasteiger partial charge is 0.475 e. The van der Waals surface area contributed by atoms with E-state index in [0.717, 1.165) is 35.4 Å². The Labute approximate surface area is 208 Å². The first-order chi connectivity index (χ1) is 17.2. The number of nitrogens with zero attached hydrogens (tertiary/aromatic N) is 1. The lowest BCUT2D eigenvalue weighted by molar-refractivity contribution is -0.192. The lowest BCUT2D eigenvalue weighted by Gasteiger charge is -2.09. The third-order valence-electron chi connectivity index (χ3n) is 5.21. The zero-order valence-electron chi connectivity index (χ0n) is 19.7. The van der Waals surface area contributed by atoms with Gasteiger partial charge in [-0.1, -0.05) is 62.4 Å². The molecule has 3 aromatic carbocycles. The number of carboxylic acid groups (broad SMARTS) is 1. The lowest BCUT2D eigenvalue weighted by atomic mass is 10.0. The van der Waals surface area contributed by atoms with Crippen molar-refractivity contribution in [1.29, 1.82) is 0 Å². The number of aromatic amines is 1. The number of carboxylic acids is 1. The molecule has 0 fully saturated rings. The van der Waals surface area contributed by atoms with E-state index in [9.17, 15) is 26.3 Å². The quantitative estimate of drug-likeness (QED) is 0.245. The third kappa shape index (κ3) is 7.56. The Morgan fingerprint density at radius 2 is 1.41 bits per heavy atom. The number of nitrogens with one attached hydrogen (secondary N) is 2. The first-order valence-corrected chi connectivity index (χ1v) is 11.0. The van der Waals surface area contributed by atoms with Gasteiger partial charge < -0.3 is 15.4 Å². The van der Waals surface area contributed by atoms with Gasteiger partial charge in [0.2, 0.25) is 0 Å². The Morgan fingerprint density at radius 1 is 0.892 bits per heavy atom. The number of fused-ring (bicyclic) bond motifs is 1. The second-order valence-corrected chi connectivity index (χ2v) is 8.43. The highest BCUT2D eigenvalue weighted by atomic mass is 19.4. The number of benzene rings is 3. The zero-order chi connectivity index (χ0) is 27.4. The predicted octanol–water partition coefficient (Wildman–Crippen LogP) is 7.05. The van der Waals surface area contributed by atoms with Crippen LogP contribution in [0.3, 0.4) is 0 Å². The molecule has 4 aromatic rings. The Morgan fingerprint density at radius 3 is 1.89 bits per heavy atom. The lowest BCUT2D eigenvalue weighted by Crippen LogP contribution is -2.21. The van der Waals surface area contributed by atoms with Crippen molar-refractivity contribution < 1.29 is 36.2 Å². The van der Waals surface area contributed by atoms with Crippen LogP contribution in [0, 0.1) is 0 Å². The minimum atomic E-state index is -5.08. The number of aliphatic carboxylic acids is 1. The number of hydrogen-bond donors (Lipinski definition) is 3. The van der Waals surface area contributed by atoms with Crippen LogP contribution in [0.5, 0.6) is 0 Å². The van der Waals surface area contributed by atoms with Gasteiger partial charge in [-0.05, 0) is 34.9 Å². The molecule has 196 valence electrons. The van der Waals surface area contributed by atoms with E-state index in [-0.39, 0.29) is 0 Å². The molecule has 37 heavy (non-hydrogen) atoms. The molecule has 0 atom stereocenters. The summed E-state index contributed by atoms with van der Waals surface area (Å²) < 4.78 is 70.5. The van der Waals surface area contributed by atoms with Crippen molar-refractivity contribution in [2.24, 2.45) is 0 Å². The summed E-state index contributed by atoms with van der Waals surface area (Å²) in [5.74, 6) is -2.21. The summed E-state index contributed by atoms with van der Waals surface area (Å²) >= 11 is 0. The standard InChI is InChI=1S/C24H22F3N3.C2HF3O2/c1-15(2)28-14-16-3-5-17(6-4-16)18-7-9-19(10-8-18)23-29-21-12-11-20(24(25,26)27)13-22(21)30-23;3-2(4,5)1(6)7/h3-13,15,28H,14H2,1-2H3,(H,29,30);(H,6,7). The van der Waals surface area contributed by atoms with Crippen LogP contribution in [-0.4, -0.2) is 33.3 Å². The maximum atomic E-state index is 12.9. The molecule has 0 spiro atoms. The summed E-state index contributed by atoms with van der Waals surface area (Å²) in [5.41, 5.74) is 4.41. The topological polar surface area (TPSA) is 78.0 Å². The minimum absolute atomic E-state index is 0.370. The van der Waals surface area contributed by atoms with Crippen molar-refractivity contribution in [3.63, 3.8) is 0 Å². The number of imidazole rings is 1. The molecule has 1 aromatic heterocycles. The highest BCUT2D eigenvalue weighted by Crippen LogP contribution is 2.32. The summed E-state index contributed by atoms with van der Waals surface area (Å²) in [6.45, 7) is 5.07. The summed E-state index contributed by atoms with van der Waals surface area (Å²) in [5, 5.41) is 10.5. The first kappa shape index (κ1) is 27.7. The van der Waals surface area contributed by atoms with Gasteiger partial charge in [-0.2, -0.15) is 26.3 Å². The number of halogens is 6. The number of H-pyrrole nitrogens is 1. The van der Waals surface area contributed by atoms with E-state index in [1.165, 1.54) is 11.6 Å². The molecule has 0 saturated carbocycles. The zero-order valence-corrected chi connectivity index (χ0v) is 19.7. The van der Waals surface area contributed by atoms with Gasteiger partial charge >= 0.3 is 18.3 Å². The van der Waals surface area contributed by atoms with Gasteiger partial charge in [-0.25, -0.2) is 9.78 Å². The van der Waals surface area contributed by atoms with Crippen molar-refractivity contribution in [2.75, 3.05) is 0 Å². The molecule has 0 aliphatic heterocycles. The van der Waals surface area contributed by atoms with Crippen LogP contribution < -0.4 is 5.32 Å². The van der Waals surface area contributed by atoms with Gasteiger partial charge in [-0.3, -0.25) is 0 Å². The molecule has 0 amide bonds. The average molecular weight is 523 g/mol. The van der Waals surface area contributed by atoms with E-state index in [1.54, 1.807) is 0 Å². The molecule has 0 aliphatic rings. The van der Waals surface area contributed by atoms with Gasteiger partial charge in [-0.15, -0.1) is 0 Å². The van der Waals surface area contributed by atoms with E-state index in [2.05, 4.69) is 53.4 Å². The van der Waals surface area contributed by atoms with E-state index < -0.39 is 23.9 Å². The van der Waals surface area contributed by atoms with Crippen LogP contribution in [0.15, 0.2) is 66.7 Å². The molecule has 0 saturated heterocycles. The molecule has 0 bridgehead atoms. The second kappa shape index (κ2) is 11.0. The number of aromatic nitrogens is 2. The van der Waals surface area contributed by atoms with Gasteiger partial charge in [0.1, 0.15) is 5.82 Å². The van der Waals surface area contributed by atoms with E-state index in [1.807, 2.05) is 24.3 Å². The summed E-state index contributed by atoms with van der Waals surface area (Å²) in [6.07, 6.45) is -9.46. The number of carbonyl (C=O) groups is 1. The van der Waals surface area contributed by atoms with Gasteiger partial charge in [0.05, 0.1) is 16.6 Å². The predicted molar refractivity (Wildman–Crippen MR) is 128 cm³/mol. The molecule has 1 heterocycles. The van der Waals surface area contributed by atoms with Crippen molar-refractivity contribution in [3.8, 4) is 22.5 Å². The van der Waals surface area contributed by atoms with Crippen molar-refractivity contribution in [2.45, 2.75) is 38.8 Å². The molecule has 11 heteroatoms. The first-order valence-electron chi connectivity index (χ1n) is 11.0. The van der Waals surface area contributed by atoms with Crippen LogP contribution >= 0.6 is 0 Å². The van der Waals surface area contributed by atoms with E-state index >= 15 is 0 Å². The summed E-state index contributed by atoms with van der Waals surface area (Å²) in [7, 11) is 0. The van der Waals surface area contributed by atoms with Gasteiger partial charge in [0, 0.05) is 18.2 Å². The third-order valence-corrected chi connectivity index (χ3v) is 5.21. The molecule has 0 unspecified atom stereocenters. The highest BCUT2D eigenvalue weighted by molar-refractivity contribution is 5.80. The van der Waals surface area contributed by atoms with Crippen LogP contribution in [0.2, 0.25) is 0 Å². The fourth-order valence-electron chi connectivity index (χ4n) is 3.28. The maximum absolute atomic E-state index is 12.9. The van der Waals surface area contributed by atoms with Gasteiger partial charge in [0.15, 0.2) is 0 Å². The van der Waals surface area contributed by atoms with E-state index in [0.29, 0.717) is 22.9 Å². The average Bonchev–Trinajstić information content (AvgIpc) is 3.26. The molecular weight excluding hydrogens is 500 g/mol. The van der Waals surface area contributed by atoms with Crippen molar-refractivity contribution >= 4 is 17.0 Å². The van der Waals surface area contributed by atoms with Crippen LogP contribution in [0.4, 0.5) is 26.3 Å². The van der Waals surface area contributed by atoms with Crippen molar-refractivity contribution in [1.82, 2.24) is 15.3 Å². The monoisotopic (exact) mass is 523 g/mol. The molecule has 3 N–H and O–H groups in total. The summed E-state index contributed by atoms with van der Waals surface area (Å²) in [4.78, 5) is 16.3. The normalized spacial score (nSPS) is 11.9. The van der Waals surface area contributed by atoms with Crippen LogP contribution in [0.25, 0.3) is 33.5 Å². The second-order valence-electron chi connectivity index (χ2n) is 8.43. The van der Waals surface area contributed by atoms with Gasteiger partial charge in [0.25, 0.3) is 0 Å². The maximum Gasteiger partial charge on any atom is 0.490 e. The fourth-order valence-corrected chi connectivity index (χ4v) is 3.28. The Bertz CT molecular complexity index is 1340. The molecule has 4 rings (SSSR count). The SMILES string of the molecule is CC(C)NCc1ccc(-c2ccc(-c3nc4ccc(C(F)(F)F)cc4[nH]3)cc2)cc1.O=C(O)C(F)(F)F. The molecule has 0 radical (unpaired) electrons. The minimum Gasteiger partial charge on any atom is -0.475 e. The molecular formula is C26H23F6N3O2. The number of alkyl halides is 6. The number of rotatable bonds is 5. The van der Waals surface area contributed by atoms with Crippen LogP contribution in [-0.2, 0) is 17.5 Å². The Balaban J connectivity index is 0.000000479. The van der Waals surface area contributed by atoms with Crippen LogP contribution in [0.1, 0.15) is 25.0 Å². The number of hydrogen-bond acceptors (Lipinski definition) is 3. The Hall–Kier alpha value is -3.86. The molecule has 0 aliphatic carbocycles. The Kier molecular flexibility index (Phi) is 8.27. The highest BCUT2D eigenvalue weighted by Gasteiger charge is 2.38. The molecule has 5 nitrogen and oxygen atoms in total.